The Hall–Kier alpha value is -1.55. The summed E-state index contributed by atoms with van der Waals surface area (Å²) < 4.78 is 0. The molecule has 0 N–H and O–H groups in total. The summed E-state index contributed by atoms with van der Waals surface area (Å²) in [6.45, 7) is 2.41. The average Bonchev–Trinajstić information content (AvgIpc) is 2.97. The highest BCUT2D eigenvalue weighted by Gasteiger charge is 2.36. The monoisotopic (exact) mass is 362 g/mol. The molecular formula is C20H27ClN2O2. The zero-order chi connectivity index (χ0) is 18.0. The molecule has 1 unspecified atom stereocenters. The van der Waals surface area contributed by atoms with Gasteiger partial charge in [0.2, 0.25) is 11.8 Å². The van der Waals surface area contributed by atoms with Crippen LogP contribution in [0.2, 0.25) is 5.02 Å². The lowest BCUT2D eigenvalue weighted by Gasteiger charge is -2.31. The molecule has 1 saturated heterocycles. The van der Waals surface area contributed by atoms with E-state index in [2.05, 4.69) is 4.90 Å². The van der Waals surface area contributed by atoms with E-state index < -0.39 is 0 Å². The molecular weight excluding hydrogens is 336 g/mol. The van der Waals surface area contributed by atoms with E-state index in [1.807, 2.05) is 18.2 Å². The Labute approximate surface area is 155 Å². The first kappa shape index (κ1) is 18.2. The van der Waals surface area contributed by atoms with E-state index in [4.69, 9.17) is 11.6 Å². The third-order valence-electron chi connectivity index (χ3n) is 5.73. The van der Waals surface area contributed by atoms with Gasteiger partial charge in [0, 0.05) is 43.2 Å². The van der Waals surface area contributed by atoms with Crippen molar-refractivity contribution in [3.8, 4) is 0 Å². The molecule has 1 aliphatic carbocycles. The highest BCUT2D eigenvalue weighted by Crippen LogP contribution is 2.32. The van der Waals surface area contributed by atoms with Crippen molar-refractivity contribution in [1.82, 2.24) is 4.90 Å². The molecule has 1 aliphatic heterocycles. The fraction of sp³-hybridized carbons (Fsp3) is 0.600. The van der Waals surface area contributed by atoms with E-state index in [-0.39, 0.29) is 11.8 Å². The SMILES string of the molecule is CC(=O)N(C)c1ccc(CC2CCN(C3CCCCC3)C2=O)c(Cl)c1. The first-order chi connectivity index (χ1) is 12.0. The molecule has 25 heavy (non-hydrogen) atoms. The molecule has 1 saturated carbocycles. The molecule has 1 aromatic rings. The average molecular weight is 363 g/mol. The van der Waals surface area contributed by atoms with Gasteiger partial charge in [-0.1, -0.05) is 36.9 Å². The number of carbonyl (C=O) groups is 2. The highest BCUT2D eigenvalue weighted by atomic mass is 35.5. The second kappa shape index (κ2) is 7.77. The van der Waals surface area contributed by atoms with E-state index in [0.29, 0.717) is 23.4 Å². The molecule has 1 atom stereocenters. The van der Waals surface area contributed by atoms with Crippen molar-refractivity contribution in [3.05, 3.63) is 28.8 Å². The van der Waals surface area contributed by atoms with Crippen molar-refractivity contribution in [2.75, 3.05) is 18.5 Å². The molecule has 0 aromatic heterocycles. The van der Waals surface area contributed by atoms with Crippen molar-refractivity contribution in [2.45, 2.75) is 57.9 Å². The summed E-state index contributed by atoms with van der Waals surface area (Å²) in [7, 11) is 1.73. The molecule has 136 valence electrons. The van der Waals surface area contributed by atoms with Gasteiger partial charge >= 0.3 is 0 Å². The largest absolute Gasteiger partial charge is 0.339 e. The van der Waals surface area contributed by atoms with Crippen LogP contribution < -0.4 is 4.90 Å². The quantitative estimate of drug-likeness (QED) is 0.810. The maximum atomic E-state index is 12.8. The molecule has 2 fully saturated rings. The van der Waals surface area contributed by atoms with Gasteiger partial charge in [-0.3, -0.25) is 9.59 Å². The van der Waals surface area contributed by atoms with E-state index in [0.717, 1.165) is 37.1 Å². The lowest BCUT2D eigenvalue weighted by atomic mass is 9.94. The number of amides is 2. The van der Waals surface area contributed by atoms with Gasteiger partial charge < -0.3 is 9.80 Å². The zero-order valence-corrected chi connectivity index (χ0v) is 15.9. The Bertz CT molecular complexity index is 655. The van der Waals surface area contributed by atoms with Gasteiger partial charge in [0.25, 0.3) is 0 Å². The van der Waals surface area contributed by atoms with Crippen LogP contribution in [0, 0.1) is 5.92 Å². The molecule has 1 heterocycles. The smallest absolute Gasteiger partial charge is 0.226 e. The summed E-state index contributed by atoms with van der Waals surface area (Å²) in [6.07, 6.45) is 7.72. The fourth-order valence-electron chi connectivity index (χ4n) is 4.07. The molecule has 0 bridgehead atoms. The number of anilines is 1. The van der Waals surface area contributed by atoms with Gasteiger partial charge in [-0.05, 0) is 43.4 Å². The van der Waals surface area contributed by atoms with E-state index >= 15 is 0 Å². The highest BCUT2D eigenvalue weighted by molar-refractivity contribution is 6.31. The first-order valence-corrected chi connectivity index (χ1v) is 9.68. The molecule has 2 amide bonds. The Balaban J connectivity index is 1.66. The maximum Gasteiger partial charge on any atom is 0.226 e. The lowest BCUT2D eigenvalue weighted by molar-refractivity contribution is -0.133. The number of hydrogen-bond donors (Lipinski definition) is 0. The van der Waals surface area contributed by atoms with Crippen LogP contribution >= 0.6 is 11.6 Å². The number of carbonyl (C=O) groups excluding carboxylic acids is 2. The Morgan fingerprint density at radius 2 is 1.96 bits per heavy atom. The second-order valence-electron chi connectivity index (χ2n) is 7.37. The van der Waals surface area contributed by atoms with Crippen LogP contribution in [0.1, 0.15) is 51.0 Å². The minimum atomic E-state index is -0.0297. The van der Waals surface area contributed by atoms with Gasteiger partial charge in [0.1, 0.15) is 0 Å². The Kier molecular flexibility index (Phi) is 5.67. The van der Waals surface area contributed by atoms with Crippen LogP contribution in [0.3, 0.4) is 0 Å². The molecule has 3 rings (SSSR count). The molecule has 1 aromatic carbocycles. The van der Waals surface area contributed by atoms with E-state index in [1.165, 1.54) is 26.2 Å². The minimum absolute atomic E-state index is 0.0297. The van der Waals surface area contributed by atoms with E-state index in [1.54, 1.807) is 11.9 Å². The number of rotatable bonds is 4. The van der Waals surface area contributed by atoms with Gasteiger partial charge in [-0.15, -0.1) is 0 Å². The van der Waals surface area contributed by atoms with Crippen LogP contribution in [-0.2, 0) is 16.0 Å². The number of hydrogen-bond acceptors (Lipinski definition) is 2. The Morgan fingerprint density at radius 1 is 1.24 bits per heavy atom. The fourth-order valence-corrected chi connectivity index (χ4v) is 4.32. The third-order valence-corrected chi connectivity index (χ3v) is 6.08. The van der Waals surface area contributed by atoms with Gasteiger partial charge in [0.05, 0.1) is 0 Å². The van der Waals surface area contributed by atoms with Gasteiger partial charge in [-0.25, -0.2) is 0 Å². The predicted octanol–water partition coefficient (Wildman–Crippen LogP) is 4.05. The van der Waals surface area contributed by atoms with E-state index in [9.17, 15) is 9.59 Å². The van der Waals surface area contributed by atoms with Crippen LogP contribution in [0.5, 0.6) is 0 Å². The topological polar surface area (TPSA) is 40.6 Å². The number of benzene rings is 1. The molecule has 2 aliphatic rings. The number of nitrogens with zero attached hydrogens (tertiary/aromatic N) is 2. The van der Waals surface area contributed by atoms with Crippen molar-refractivity contribution in [2.24, 2.45) is 5.92 Å². The molecule has 5 heteroatoms. The summed E-state index contributed by atoms with van der Waals surface area (Å²) in [5.41, 5.74) is 1.77. The second-order valence-corrected chi connectivity index (χ2v) is 7.77. The standard InChI is InChI=1S/C20H27ClN2O2/c1-14(24)22(2)18-9-8-15(19(21)13-18)12-16-10-11-23(20(16)25)17-6-4-3-5-7-17/h8-9,13,16-17H,3-7,10-12H2,1-2H3. The molecule has 0 spiro atoms. The van der Waals surface area contributed by atoms with Crippen molar-refractivity contribution in [3.63, 3.8) is 0 Å². The molecule has 4 nitrogen and oxygen atoms in total. The van der Waals surface area contributed by atoms with Gasteiger partial charge in [-0.2, -0.15) is 0 Å². The van der Waals surface area contributed by atoms with Crippen molar-refractivity contribution < 1.29 is 9.59 Å². The number of likely N-dealkylation sites (tertiary alicyclic amines) is 1. The third kappa shape index (κ3) is 4.00. The van der Waals surface area contributed by atoms with Crippen LogP contribution in [0.4, 0.5) is 5.69 Å². The van der Waals surface area contributed by atoms with Gasteiger partial charge in [0.15, 0.2) is 0 Å². The summed E-state index contributed by atoms with van der Waals surface area (Å²) in [5.74, 6) is 0.307. The zero-order valence-electron chi connectivity index (χ0n) is 15.1. The normalized spacial score (nSPS) is 21.6. The van der Waals surface area contributed by atoms with Crippen LogP contribution in [0.15, 0.2) is 18.2 Å². The Morgan fingerprint density at radius 3 is 2.60 bits per heavy atom. The predicted molar refractivity (Wildman–Crippen MR) is 101 cm³/mol. The maximum absolute atomic E-state index is 12.8. The van der Waals surface area contributed by atoms with Crippen molar-refractivity contribution >= 4 is 29.1 Å². The number of halogens is 1. The lowest BCUT2D eigenvalue weighted by Crippen LogP contribution is -2.39. The van der Waals surface area contributed by atoms with Crippen LogP contribution in [-0.4, -0.2) is 36.3 Å². The summed E-state index contributed by atoms with van der Waals surface area (Å²) >= 11 is 6.43. The van der Waals surface area contributed by atoms with Crippen LogP contribution in [0.25, 0.3) is 0 Å². The molecule has 0 radical (unpaired) electrons. The first-order valence-electron chi connectivity index (χ1n) is 9.30. The summed E-state index contributed by atoms with van der Waals surface area (Å²) in [4.78, 5) is 28.0. The summed E-state index contributed by atoms with van der Waals surface area (Å²) in [6, 6.07) is 6.12. The minimum Gasteiger partial charge on any atom is -0.339 e. The van der Waals surface area contributed by atoms with Crippen molar-refractivity contribution in [1.29, 1.82) is 0 Å². The summed E-state index contributed by atoms with van der Waals surface area (Å²) in [5, 5.41) is 0.634.